The second-order valence-corrected chi connectivity index (χ2v) is 4.10. The van der Waals surface area contributed by atoms with E-state index in [1.807, 2.05) is 12.1 Å². The van der Waals surface area contributed by atoms with Crippen molar-refractivity contribution in [2.45, 2.75) is 19.8 Å². The van der Waals surface area contributed by atoms with Gasteiger partial charge in [0, 0.05) is 24.5 Å². The van der Waals surface area contributed by atoms with Crippen molar-refractivity contribution in [3.05, 3.63) is 24.3 Å². The molecule has 76 valence electrons. The monoisotopic (exact) mass is 190 g/mol. The first kappa shape index (κ1) is 9.38. The fourth-order valence-corrected chi connectivity index (χ4v) is 2.09. The largest absolute Gasteiger partial charge is 0.399 e. The van der Waals surface area contributed by atoms with Crippen molar-refractivity contribution in [2.24, 2.45) is 5.92 Å². The zero-order valence-corrected chi connectivity index (χ0v) is 8.74. The summed E-state index contributed by atoms with van der Waals surface area (Å²) in [6.07, 6.45) is 2.63. The highest BCUT2D eigenvalue weighted by Gasteiger charge is 2.20. The smallest absolute Gasteiger partial charge is 0.0367 e. The molecular weight excluding hydrogens is 172 g/mol. The third-order valence-electron chi connectivity index (χ3n) is 3.12. The van der Waals surface area contributed by atoms with E-state index < -0.39 is 0 Å². The van der Waals surface area contributed by atoms with Gasteiger partial charge in [-0.2, -0.15) is 0 Å². The number of nitrogen functional groups attached to an aromatic ring is 1. The van der Waals surface area contributed by atoms with Crippen LogP contribution in [0.15, 0.2) is 24.3 Å². The summed E-state index contributed by atoms with van der Waals surface area (Å²) in [7, 11) is 0. The maximum absolute atomic E-state index is 5.66. The van der Waals surface area contributed by atoms with Crippen LogP contribution in [-0.4, -0.2) is 13.1 Å². The van der Waals surface area contributed by atoms with E-state index in [9.17, 15) is 0 Å². The molecule has 1 saturated heterocycles. The molecular formula is C12H18N2. The average molecular weight is 190 g/mol. The molecule has 1 unspecified atom stereocenters. The van der Waals surface area contributed by atoms with E-state index in [1.165, 1.54) is 31.6 Å². The Kier molecular flexibility index (Phi) is 2.62. The van der Waals surface area contributed by atoms with Crippen molar-refractivity contribution < 1.29 is 0 Å². The van der Waals surface area contributed by atoms with Crippen molar-refractivity contribution in [3.63, 3.8) is 0 Å². The Hall–Kier alpha value is -1.18. The molecule has 2 N–H and O–H groups in total. The highest BCUT2D eigenvalue weighted by molar-refractivity contribution is 5.53. The highest BCUT2D eigenvalue weighted by Crippen LogP contribution is 2.25. The second-order valence-electron chi connectivity index (χ2n) is 4.10. The van der Waals surface area contributed by atoms with Gasteiger partial charge in [0.15, 0.2) is 0 Å². The summed E-state index contributed by atoms with van der Waals surface area (Å²) < 4.78 is 0. The molecule has 1 aliphatic rings. The summed E-state index contributed by atoms with van der Waals surface area (Å²) in [5.41, 5.74) is 7.82. The summed E-state index contributed by atoms with van der Waals surface area (Å²) in [5.74, 6) is 0.882. The van der Waals surface area contributed by atoms with Crippen molar-refractivity contribution in [2.75, 3.05) is 23.7 Å². The van der Waals surface area contributed by atoms with Gasteiger partial charge in [-0.3, -0.25) is 0 Å². The summed E-state index contributed by atoms with van der Waals surface area (Å²) in [4.78, 5) is 2.45. The first-order valence-electron chi connectivity index (χ1n) is 5.40. The minimum absolute atomic E-state index is 0.847. The van der Waals surface area contributed by atoms with Crippen LogP contribution >= 0.6 is 0 Å². The molecule has 2 nitrogen and oxygen atoms in total. The first-order valence-corrected chi connectivity index (χ1v) is 5.40. The molecule has 0 spiro atoms. The minimum atomic E-state index is 0.847. The standard InChI is InChI=1S/C12H18N2/c1-2-10-7-8-14(9-10)12-5-3-11(13)4-6-12/h3-6,10H,2,7-9,13H2,1H3. The summed E-state index contributed by atoms with van der Waals surface area (Å²) in [6, 6.07) is 8.20. The Morgan fingerprint density at radius 3 is 2.64 bits per heavy atom. The van der Waals surface area contributed by atoms with Crippen molar-refractivity contribution >= 4 is 11.4 Å². The Morgan fingerprint density at radius 2 is 2.07 bits per heavy atom. The van der Waals surface area contributed by atoms with Crippen LogP contribution < -0.4 is 10.6 Å². The molecule has 14 heavy (non-hydrogen) atoms. The van der Waals surface area contributed by atoms with Gasteiger partial charge in [0.1, 0.15) is 0 Å². The lowest BCUT2D eigenvalue weighted by Crippen LogP contribution is -2.19. The molecule has 0 saturated carbocycles. The quantitative estimate of drug-likeness (QED) is 0.726. The summed E-state index contributed by atoms with van der Waals surface area (Å²) in [5, 5.41) is 0. The van der Waals surface area contributed by atoms with Gasteiger partial charge in [-0.1, -0.05) is 13.3 Å². The lowest BCUT2D eigenvalue weighted by Gasteiger charge is -2.18. The maximum Gasteiger partial charge on any atom is 0.0367 e. The van der Waals surface area contributed by atoms with Crippen molar-refractivity contribution in [1.82, 2.24) is 0 Å². The lowest BCUT2D eigenvalue weighted by molar-refractivity contribution is 0.569. The molecule has 1 aromatic carbocycles. The first-order chi connectivity index (χ1) is 6.79. The maximum atomic E-state index is 5.66. The molecule has 0 amide bonds. The zero-order valence-electron chi connectivity index (χ0n) is 8.74. The van der Waals surface area contributed by atoms with E-state index in [1.54, 1.807) is 0 Å². The molecule has 0 aliphatic carbocycles. The van der Waals surface area contributed by atoms with Crippen LogP contribution in [0.25, 0.3) is 0 Å². The lowest BCUT2D eigenvalue weighted by atomic mass is 10.1. The van der Waals surface area contributed by atoms with Gasteiger partial charge in [-0.15, -0.1) is 0 Å². The Morgan fingerprint density at radius 1 is 1.36 bits per heavy atom. The summed E-state index contributed by atoms with van der Waals surface area (Å²) >= 11 is 0. The van der Waals surface area contributed by atoms with Crippen molar-refractivity contribution in [3.8, 4) is 0 Å². The second kappa shape index (κ2) is 3.91. The van der Waals surface area contributed by atoms with Gasteiger partial charge >= 0.3 is 0 Å². The molecule has 1 aliphatic heterocycles. The van der Waals surface area contributed by atoms with Gasteiger partial charge in [0.2, 0.25) is 0 Å². The molecule has 1 atom stereocenters. The van der Waals surface area contributed by atoms with Gasteiger partial charge < -0.3 is 10.6 Å². The van der Waals surface area contributed by atoms with Crippen LogP contribution in [0.2, 0.25) is 0 Å². The number of benzene rings is 1. The van der Waals surface area contributed by atoms with E-state index in [-0.39, 0.29) is 0 Å². The number of hydrogen-bond acceptors (Lipinski definition) is 2. The predicted octanol–water partition coefficient (Wildman–Crippen LogP) is 2.51. The molecule has 0 bridgehead atoms. The molecule has 2 rings (SSSR count). The zero-order chi connectivity index (χ0) is 9.97. The number of nitrogens with zero attached hydrogens (tertiary/aromatic N) is 1. The third kappa shape index (κ3) is 1.84. The van der Waals surface area contributed by atoms with Gasteiger partial charge in [0.25, 0.3) is 0 Å². The average Bonchev–Trinajstić information content (AvgIpc) is 2.67. The van der Waals surface area contributed by atoms with Gasteiger partial charge in [-0.05, 0) is 36.6 Å². The fraction of sp³-hybridized carbons (Fsp3) is 0.500. The normalized spacial score (nSPS) is 21.5. The Balaban J connectivity index is 2.06. The fourth-order valence-electron chi connectivity index (χ4n) is 2.09. The van der Waals surface area contributed by atoms with Gasteiger partial charge in [-0.25, -0.2) is 0 Å². The number of rotatable bonds is 2. The van der Waals surface area contributed by atoms with Crippen molar-refractivity contribution in [1.29, 1.82) is 0 Å². The molecule has 1 fully saturated rings. The highest BCUT2D eigenvalue weighted by atomic mass is 15.1. The van der Waals surface area contributed by atoms with Crippen LogP contribution in [0.4, 0.5) is 11.4 Å². The third-order valence-corrected chi connectivity index (χ3v) is 3.12. The number of nitrogens with two attached hydrogens (primary N) is 1. The predicted molar refractivity (Wildman–Crippen MR) is 61.5 cm³/mol. The Labute approximate surface area is 85.7 Å². The number of hydrogen-bond donors (Lipinski definition) is 1. The topological polar surface area (TPSA) is 29.3 Å². The van der Waals surface area contributed by atoms with Crippen LogP contribution in [0.1, 0.15) is 19.8 Å². The summed E-state index contributed by atoms with van der Waals surface area (Å²) in [6.45, 7) is 4.68. The van der Waals surface area contributed by atoms with E-state index in [4.69, 9.17) is 5.73 Å². The Bertz CT molecular complexity index is 292. The molecule has 0 radical (unpaired) electrons. The molecule has 1 aromatic rings. The molecule has 1 heterocycles. The molecule has 0 aromatic heterocycles. The van der Waals surface area contributed by atoms with Crippen LogP contribution in [0, 0.1) is 5.92 Å². The minimum Gasteiger partial charge on any atom is -0.399 e. The van der Waals surface area contributed by atoms with E-state index >= 15 is 0 Å². The van der Waals surface area contributed by atoms with Crippen LogP contribution in [0.5, 0.6) is 0 Å². The van der Waals surface area contributed by atoms with Gasteiger partial charge in [0.05, 0.1) is 0 Å². The van der Waals surface area contributed by atoms with E-state index in [2.05, 4.69) is 24.0 Å². The van der Waals surface area contributed by atoms with E-state index in [0.29, 0.717) is 0 Å². The van der Waals surface area contributed by atoms with Crippen LogP contribution in [-0.2, 0) is 0 Å². The van der Waals surface area contributed by atoms with E-state index in [0.717, 1.165) is 11.6 Å². The SMILES string of the molecule is CCC1CCN(c2ccc(N)cc2)C1. The molecule has 2 heteroatoms. The number of anilines is 2. The van der Waals surface area contributed by atoms with Crippen LogP contribution in [0.3, 0.4) is 0 Å².